The number of hydrogen-bond donors (Lipinski definition) is 3. The van der Waals surface area contributed by atoms with Gasteiger partial charge >= 0.3 is 0 Å². The van der Waals surface area contributed by atoms with Crippen LogP contribution >= 0.6 is 0 Å². The lowest BCUT2D eigenvalue weighted by molar-refractivity contribution is -0.116. The molecule has 1 saturated heterocycles. The third-order valence-corrected chi connectivity index (χ3v) is 8.09. The minimum Gasteiger partial charge on any atom is -0.492 e. The number of nitrogens with zero attached hydrogens (tertiary/aromatic N) is 5. The topological polar surface area (TPSA) is 125 Å². The number of anilines is 1. The summed E-state index contributed by atoms with van der Waals surface area (Å²) in [5, 5.41) is 12.2. The Bertz CT molecular complexity index is 2000. The number of likely N-dealkylation sites (tertiary alicyclic amines) is 1. The van der Waals surface area contributed by atoms with Gasteiger partial charge in [0.2, 0.25) is 5.91 Å². The summed E-state index contributed by atoms with van der Waals surface area (Å²) < 4.78 is 20.8. The van der Waals surface area contributed by atoms with Gasteiger partial charge in [-0.15, -0.1) is 0 Å². The van der Waals surface area contributed by atoms with Crippen LogP contribution in [0.15, 0.2) is 67.3 Å². The molecule has 1 fully saturated rings. The molecule has 1 aliphatic heterocycles. The smallest absolute Gasteiger partial charge is 0.224 e. The van der Waals surface area contributed by atoms with E-state index in [4.69, 9.17) is 4.74 Å². The standard InChI is InChI=1S/C34H33FN8O2/c1-2-5-32(44)39-24-13-22(18-36-19-24)29-17-28-31(20-38-29)41-42-33(28)30-16-27-26(6-7-37-34(27)40-30)21-12-23(35)15-25(14-21)45-11-10-43-8-3-4-9-43/h6-7,12-20H,2-5,8-11H2,1H3,(H,37,40)(H,39,44)(H,41,42). The molecule has 11 heteroatoms. The van der Waals surface area contributed by atoms with Gasteiger partial charge in [-0.1, -0.05) is 6.92 Å². The second-order valence-corrected chi connectivity index (χ2v) is 11.3. The van der Waals surface area contributed by atoms with Crippen LogP contribution in [0.25, 0.3) is 55.7 Å². The van der Waals surface area contributed by atoms with E-state index in [1.165, 1.54) is 25.0 Å². The molecule has 6 aromatic rings. The number of carbonyl (C=O) groups excluding carboxylic acids is 1. The van der Waals surface area contributed by atoms with Crippen molar-refractivity contribution in [3.05, 3.63) is 73.1 Å². The number of carbonyl (C=O) groups is 1. The van der Waals surface area contributed by atoms with Gasteiger partial charge < -0.3 is 15.0 Å². The zero-order valence-corrected chi connectivity index (χ0v) is 24.9. The van der Waals surface area contributed by atoms with E-state index in [0.29, 0.717) is 47.1 Å². The van der Waals surface area contributed by atoms with Gasteiger partial charge in [-0.05, 0) is 79.9 Å². The number of amides is 1. The Kier molecular flexibility index (Phi) is 7.91. The molecule has 1 aliphatic rings. The maximum atomic E-state index is 14.8. The van der Waals surface area contributed by atoms with Gasteiger partial charge in [0.25, 0.3) is 0 Å². The van der Waals surface area contributed by atoms with Gasteiger partial charge in [0.1, 0.15) is 29.5 Å². The Morgan fingerprint density at radius 1 is 1.02 bits per heavy atom. The van der Waals surface area contributed by atoms with Crippen LogP contribution in [0, 0.1) is 5.82 Å². The predicted molar refractivity (Wildman–Crippen MR) is 172 cm³/mol. The fourth-order valence-electron chi connectivity index (χ4n) is 5.89. The number of halogens is 1. The maximum absolute atomic E-state index is 14.8. The van der Waals surface area contributed by atoms with Crippen LogP contribution in [-0.2, 0) is 4.79 Å². The van der Waals surface area contributed by atoms with Crippen LogP contribution < -0.4 is 10.1 Å². The number of rotatable bonds is 10. The van der Waals surface area contributed by atoms with Crippen molar-refractivity contribution in [1.82, 2.24) is 35.0 Å². The Hall–Kier alpha value is -5.16. The average Bonchev–Trinajstić information content (AvgIpc) is 3.80. The van der Waals surface area contributed by atoms with Crippen molar-refractivity contribution in [2.45, 2.75) is 32.6 Å². The normalized spacial score (nSPS) is 13.6. The average molecular weight is 605 g/mol. The number of benzene rings is 1. The molecule has 0 saturated carbocycles. The van der Waals surface area contributed by atoms with E-state index in [1.807, 2.05) is 37.3 Å². The first-order valence-electron chi connectivity index (χ1n) is 15.3. The number of hydrogen-bond acceptors (Lipinski definition) is 7. The SMILES string of the molecule is CCCC(=O)Nc1cncc(-c2cc3c(-c4cc5c(-c6cc(F)cc(OCCN7CCCC7)c6)ccnc5[nH]4)n[nH]c3cn2)c1. The third kappa shape index (κ3) is 6.12. The van der Waals surface area contributed by atoms with Crippen molar-refractivity contribution in [3.8, 4) is 39.5 Å². The first-order chi connectivity index (χ1) is 22.0. The van der Waals surface area contributed by atoms with Crippen molar-refractivity contribution in [3.63, 3.8) is 0 Å². The molecule has 0 spiro atoms. The molecule has 5 aromatic heterocycles. The highest BCUT2D eigenvalue weighted by atomic mass is 19.1. The van der Waals surface area contributed by atoms with Gasteiger partial charge in [-0.3, -0.25) is 24.8 Å². The molecule has 7 rings (SSSR count). The summed E-state index contributed by atoms with van der Waals surface area (Å²) in [6, 6.07) is 12.5. The molecule has 0 unspecified atom stereocenters. The lowest BCUT2D eigenvalue weighted by Crippen LogP contribution is -2.25. The molecule has 0 bridgehead atoms. The minimum atomic E-state index is -0.355. The summed E-state index contributed by atoms with van der Waals surface area (Å²) in [7, 11) is 0. The van der Waals surface area contributed by atoms with E-state index in [9.17, 15) is 9.18 Å². The molecule has 0 aliphatic carbocycles. The van der Waals surface area contributed by atoms with Gasteiger partial charge in [-0.25, -0.2) is 9.37 Å². The summed E-state index contributed by atoms with van der Waals surface area (Å²) in [5.41, 5.74) is 6.50. The molecular formula is C34H33FN8O2. The van der Waals surface area contributed by atoms with Crippen molar-refractivity contribution in [1.29, 1.82) is 0 Å². The number of H-pyrrole nitrogens is 2. The number of aromatic amines is 2. The molecule has 1 amide bonds. The van der Waals surface area contributed by atoms with Gasteiger partial charge in [0.15, 0.2) is 0 Å². The number of pyridine rings is 3. The van der Waals surface area contributed by atoms with Crippen LogP contribution in [0.3, 0.4) is 0 Å². The van der Waals surface area contributed by atoms with Gasteiger partial charge in [0, 0.05) is 47.8 Å². The largest absolute Gasteiger partial charge is 0.492 e. The highest BCUT2D eigenvalue weighted by Crippen LogP contribution is 2.35. The lowest BCUT2D eigenvalue weighted by atomic mass is 10.0. The van der Waals surface area contributed by atoms with Crippen molar-refractivity contribution >= 4 is 33.5 Å². The number of nitrogens with one attached hydrogen (secondary N) is 3. The van der Waals surface area contributed by atoms with Crippen LogP contribution in [0.1, 0.15) is 32.6 Å². The fourth-order valence-corrected chi connectivity index (χ4v) is 5.89. The number of fused-ring (bicyclic) bond motifs is 2. The second-order valence-electron chi connectivity index (χ2n) is 11.3. The van der Waals surface area contributed by atoms with E-state index >= 15 is 0 Å². The van der Waals surface area contributed by atoms with Gasteiger partial charge in [0.05, 0.1) is 35.0 Å². The molecule has 10 nitrogen and oxygen atoms in total. The van der Waals surface area contributed by atoms with Crippen LogP contribution in [0.5, 0.6) is 5.75 Å². The molecule has 6 heterocycles. The Morgan fingerprint density at radius 3 is 2.78 bits per heavy atom. The van der Waals surface area contributed by atoms with Crippen molar-refractivity contribution in [2.75, 3.05) is 31.6 Å². The molecule has 3 N–H and O–H groups in total. The zero-order chi connectivity index (χ0) is 30.8. The number of aromatic nitrogens is 6. The minimum absolute atomic E-state index is 0.0525. The fraction of sp³-hybridized carbons (Fsp3) is 0.265. The van der Waals surface area contributed by atoms with Gasteiger partial charge in [-0.2, -0.15) is 5.10 Å². The van der Waals surface area contributed by atoms with Crippen LogP contribution in [-0.4, -0.2) is 67.2 Å². The zero-order valence-electron chi connectivity index (χ0n) is 24.9. The first kappa shape index (κ1) is 28.6. The molecule has 45 heavy (non-hydrogen) atoms. The Morgan fingerprint density at radius 2 is 1.91 bits per heavy atom. The van der Waals surface area contributed by atoms with E-state index in [1.54, 1.807) is 24.8 Å². The summed E-state index contributed by atoms with van der Waals surface area (Å²) in [6.45, 7) is 5.49. The third-order valence-electron chi connectivity index (χ3n) is 8.09. The van der Waals surface area contributed by atoms with E-state index < -0.39 is 0 Å². The summed E-state index contributed by atoms with van der Waals surface area (Å²) >= 11 is 0. The van der Waals surface area contributed by atoms with Crippen molar-refractivity contribution < 1.29 is 13.9 Å². The molecule has 0 radical (unpaired) electrons. The summed E-state index contributed by atoms with van der Waals surface area (Å²) in [5.74, 6) is 0.0984. The first-order valence-corrected chi connectivity index (χ1v) is 15.3. The Balaban J connectivity index is 1.19. The monoisotopic (exact) mass is 604 g/mol. The second kappa shape index (κ2) is 12.4. The highest BCUT2D eigenvalue weighted by molar-refractivity contribution is 6.00. The molecule has 228 valence electrons. The van der Waals surface area contributed by atoms with Crippen LogP contribution in [0.4, 0.5) is 10.1 Å². The molecule has 1 aromatic carbocycles. The van der Waals surface area contributed by atoms with Crippen LogP contribution in [0.2, 0.25) is 0 Å². The predicted octanol–water partition coefficient (Wildman–Crippen LogP) is 6.58. The summed E-state index contributed by atoms with van der Waals surface area (Å²) in [6.07, 6.45) is 10.4. The van der Waals surface area contributed by atoms with E-state index in [-0.39, 0.29) is 11.7 Å². The Labute approximate surface area is 259 Å². The van der Waals surface area contributed by atoms with E-state index in [2.05, 4.69) is 40.3 Å². The highest BCUT2D eigenvalue weighted by Gasteiger charge is 2.17. The maximum Gasteiger partial charge on any atom is 0.224 e. The number of ether oxygens (including phenoxy) is 1. The molecule has 0 atom stereocenters. The summed E-state index contributed by atoms with van der Waals surface area (Å²) in [4.78, 5) is 31.3. The molecular weight excluding hydrogens is 571 g/mol. The quantitative estimate of drug-likeness (QED) is 0.161. The van der Waals surface area contributed by atoms with Crippen molar-refractivity contribution in [2.24, 2.45) is 0 Å². The van der Waals surface area contributed by atoms with E-state index in [0.717, 1.165) is 59.2 Å². The lowest BCUT2D eigenvalue weighted by Gasteiger charge is -2.15.